The van der Waals surface area contributed by atoms with E-state index in [1.54, 1.807) is 0 Å². The van der Waals surface area contributed by atoms with E-state index in [0.717, 1.165) is 0 Å². The van der Waals surface area contributed by atoms with Gasteiger partial charge in [-0.1, -0.05) is 0 Å². The summed E-state index contributed by atoms with van der Waals surface area (Å²) < 4.78 is 21.2. The monoisotopic (exact) mass is 496 g/mol. The number of quaternary nitrogens is 1. The summed E-state index contributed by atoms with van der Waals surface area (Å²) in [4.78, 5) is 67.8. The van der Waals surface area contributed by atoms with Crippen LogP contribution in [0.25, 0.3) is 0 Å². The number of aliphatic hydroxyl groups is 1. The quantitative estimate of drug-likeness (QED) is 0.165. The van der Waals surface area contributed by atoms with E-state index in [-0.39, 0.29) is 40.3 Å². The molecule has 0 aliphatic carbocycles. The van der Waals surface area contributed by atoms with Gasteiger partial charge in [0.25, 0.3) is 0 Å². The van der Waals surface area contributed by atoms with Crippen LogP contribution < -0.4 is 25.7 Å². The van der Waals surface area contributed by atoms with Gasteiger partial charge in [0, 0.05) is 17.1 Å². The molecule has 0 rings (SSSR count). The van der Waals surface area contributed by atoms with E-state index in [4.69, 9.17) is 20.4 Å². The molecular weight excluding hydrogens is 484 g/mol. The van der Waals surface area contributed by atoms with Crippen molar-refractivity contribution < 1.29 is 102 Å². The molecule has 0 amide bonds. The first-order chi connectivity index (χ1) is 9.48. The molecule has 0 aromatic rings. The largest absolute Gasteiger partial charge is 3.00 e. The molecule has 151 valence electrons. The minimum absolute atomic E-state index is 0. The molecule has 0 aromatic carbocycles. The van der Waals surface area contributed by atoms with Crippen molar-refractivity contribution in [3.05, 3.63) is 0 Å². The van der Waals surface area contributed by atoms with Crippen LogP contribution in [0.2, 0.25) is 0 Å². The van der Waals surface area contributed by atoms with Gasteiger partial charge in [-0.3, -0.25) is 9.59 Å². The van der Waals surface area contributed by atoms with E-state index >= 15 is 0 Å². The number of carboxylic acids is 3. The molecule has 0 aromatic heterocycles. The van der Waals surface area contributed by atoms with E-state index in [9.17, 15) is 43.1 Å². The van der Waals surface area contributed by atoms with Gasteiger partial charge >= 0.3 is 35.0 Å². The predicted octanol–water partition coefficient (Wildman–Crippen LogP) is -4.22. The Kier molecular flexibility index (Phi) is 19.7. The van der Waals surface area contributed by atoms with Crippen LogP contribution in [0.15, 0.2) is 0 Å². The average molecular weight is 496 g/mol. The van der Waals surface area contributed by atoms with Crippen LogP contribution >= 0.6 is 15.6 Å². The van der Waals surface area contributed by atoms with E-state index in [1.165, 1.54) is 0 Å². The minimum atomic E-state index is -5.68. The summed E-state index contributed by atoms with van der Waals surface area (Å²) in [5, 5.41) is 33.8. The van der Waals surface area contributed by atoms with Gasteiger partial charge in [0.2, 0.25) is 0 Å². The molecule has 1 radical (unpaired) electrons. The number of carboxylic acid groups (broad SMARTS) is 3. The second-order valence-electron chi connectivity index (χ2n) is 3.45. The summed E-state index contributed by atoms with van der Waals surface area (Å²) in [6.07, 6.45) is -2.29. The average Bonchev–Trinajstić information content (AvgIpc) is 2.08. The van der Waals surface area contributed by atoms with Gasteiger partial charge in [0.1, 0.15) is 0 Å². The first-order valence-corrected chi connectivity index (χ1v) is 7.55. The van der Waals surface area contributed by atoms with E-state index in [2.05, 4.69) is 4.31 Å². The topological polar surface area (TPSA) is 304 Å². The molecule has 0 spiro atoms. The van der Waals surface area contributed by atoms with Crippen LogP contribution in [-0.4, -0.2) is 43.9 Å². The number of carbonyl (C=O) groups is 3. The Morgan fingerprint density at radius 1 is 0.880 bits per heavy atom. The Morgan fingerprint density at radius 3 is 1.20 bits per heavy atom. The molecular formula is C6H12Fe2NO14P2. The molecule has 0 saturated carbocycles. The van der Waals surface area contributed by atoms with Crippen molar-refractivity contribution in [2.24, 2.45) is 0 Å². The maximum absolute atomic E-state index is 10.3. The second kappa shape index (κ2) is 13.8. The fraction of sp³-hybridized carbons (Fsp3) is 0.500. The Bertz CT molecular complexity index is 491. The molecule has 19 heteroatoms. The summed E-state index contributed by atoms with van der Waals surface area (Å²) in [7, 11) is -11.4. The van der Waals surface area contributed by atoms with Crippen molar-refractivity contribution in [2.75, 3.05) is 0 Å². The maximum atomic E-state index is 10.3. The van der Waals surface area contributed by atoms with Crippen LogP contribution in [0.4, 0.5) is 0 Å². The van der Waals surface area contributed by atoms with Crippen molar-refractivity contribution in [3.63, 3.8) is 0 Å². The zero-order valence-electron chi connectivity index (χ0n) is 11.9. The first-order valence-electron chi connectivity index (χ1n) is 4.63. The number of hydrogen-bond donors (Lipinski definition) is 5. The number of hydrogen-bond acceptors (Lipinski definition) is 11. The van der Waals surface area contributed by atoms with Gasteiger partial charge in [-0.05, 0) is 0 Å². The number of aliphatic carboxylic acids is 3. The Morgan fingerprint density at radius 2 is 1.12 bits per heavy atom. The predicted molar refractivity (Wildman–Crippen MR) is 59.4 cm³/mol. The third kappa shape index (κ3) is 23.6. The third-order valence-electron chi connectivity index (χ3n) is 1.49. The summed E-state index contributed by atoms with van der Waals surface area (Å²) in [6, 6.07) is 0. The molecule has 0 aliphatic rings. The fourth-order valence-electron chi connectivity index (χ4n) is 0.837. The zero-order valence-corrected chi connectivity index (χ0v) is 15.9. The van der Waals surface area contributed by atoms with Gasteiger partial charge in [0.05, 0.1) is 28.5 Å². The Labute approximate surface area is 160 Å². The van der Waals surface area contributed by atoms with E-state index < -0.39 is 52.0 Å². The van der Waals surface area contributed by atoms with Gasteiger partial charge in [0.15, 0.2) is 5.60 Å². The molecule has 0 unspecified atom stereocenters. The summed E-state index contributed by atoms with van der Waals surface area (Å²) in [5.41, 5.74) is -2.74. The van der Waals surface area contributed by atoms with Gasteiger partial charge in [-0.25, -0.2) is 4.79 Å². The summed E-state index contributed by atoms with van der Waals surface area (Å²) >= 11 is 0. The zero-order chi connectivity index (χ0) is 18.4. The van der Waals surface area contributed by atoms with Crippen molar-refractivity contribution in [1.29, 1.82) is 0 Å². The van der Waals surface area contributed by atoms with Crippen LogP contribution in [0.3, 0.4) is 0 Å². The molecule has 15 nitrogen and oxygen atoms in total. The third-order valence-corrected chi connectivity index (χ3v) is 3.09. The van der Waals surface area contributed by atoms with Crippen LogP contribution in [-0.2, 0) is 62.0 Å². The standard InChI is InChI=1S/C6H8O7.2Fe.H3N.H4O7P2/c7-3(8)1-6(13,5(11)12)2-4(9)10;;;;1-8(2,3)7-9(4,5)6/h13H,1-2H2,(H,7,8)(H,9,10)(H,11,12);;;1H3;(H2,1,2,3)(H2,4,5,6)/q;;+3;;/p-3. The smallest absolute Gasteiger partial charge is 0.790 e. The summed E-state index contributed by atoms with van der Waals surface area (Å²) in [5.74, 6) is -5.02. The molecule has 8 N–H and O–H groups in total. The number of phosphoric acid groups is 2. The fourth-order valence-corrected chi connectivity index (χ4v) is 1.82. The maximum Gasteiger partial charge on any atom is 3.00 e. The van der Waals surface area contributed by atoms with Gasteiger partial charge in [-0.2, -0.15) is 0 Å². The first kappa shape index (κ1) is 35.7. The van der Waals surface area contributed by atoms with E-state index in [1.807, 2.05) is 0 Å². The van der Waals surface area contributed by atoms with Gasteiger partial charge in [-0.15, -0.1) is 0 Å². The summed E-state index contributed by atoms with van der Waals surface area (Å²) in [6.45, 7) is 0. The molecule has 25 heavy (non-hydrogen) atoms. The molecule has 0 atom stereocenters. The Hall–Kier alpha value is -0.371. The van der Waals surface area contributed by atoms with Crippen LogP contribution in [0.1, 0.15) is 12.8 Å². The Balaban J connectivity index is -0.0000001000. The SMILES string of the molecule is O=C(O)CC(O)(CC(=O)O)C(=O)O.O=P([O-])([O-])OP(=O)([O-])[O-].[Fe+3].[Fe].[NH4+]. The van der Waals surface area contributed by atoms with E-state index in [0.29, 0.717) is 0 Å². The van der Waals surface area contributed by atoms with Crippen molar-refractivity contribution in [1.82, 2.24) is 6.15 Å². The number of rotatable bonds is 7. The molecule has 0 heterocycles. The normalized spacial score (nSPS) is 10.6. The molecule has 0 saturated heterocycles. The second-order valence-corrected chi connectivity index (χ2v) is 5.90. The minimum Gasteiger partial charge on any atom is -0.790 e. The molecule has 0 aliphatic heterocycles. The van der Waals surface area contributed by atoms with Crippen LogP contribution in [0.5, 0.6) is 0 Å². The van der Waals surface area contributed by atoms with Gasteiger partial charge < -0.3 is 59.6 Å². The molecule has 0 bridgehead atoms. The molecule has 0 fully saturated rings. The van der Waals surface area contributed by atoms with Crippen molar-refractivity contribution >= 4 is 33.6 Å². The van der Waals surface area contributed by atoms with Crippen LogP contribution in [0, 0.1) is 0 Å². The van der Waals surface area contributed by atoms with Crippen molar-refractivity contribution in [2.45, 2.75) is 18.4 Å². The van der Waals surface area contributed by atoms with Crippen molar-refractivity contribution in [3.8, 4) is 0 Å².